The van der Waals surface area contributed by atoms with Crippen LogP contribution in [-0.4, -0.2) is 48.4 Å². The third-order valence-corrected chi connectivity index (χ3v) is 3.54. The first kappa shape index (κ1) is 13.8. The number of carbonyl (C=O) groups excluding carboxylic acids is 1. The molecule has 0 aliphatic carbocycles. The van der Waals surface area contributed by atoms with Crippen molar-refractivity contribution in [3.63, 3.8) is 0 Å². The normalized spacial score (nSPS) is 17.9. The molecule has 0 aromatic heterocycles. The van der Waals surface area contributed by atoms with Crippen LogP contribution < -0.4 is 0 Å². The van der Waals surface area contributed by atoms with Gasteiger partial charge in [-0.25, -0.2) is 0 Å². The van der Waals surface area contributed by atoms with Gasteiger partial charge in [-0.15, -0.1) is 0 Å². The summed E-state index contributed by atoms with van der Waals surface area (Å²) >= 11 is 0. The standard InChI is InChI=1S/C16H22N2O/c1-2-18-14-13-17(12-10-16(18)19)11-6-9-15-7-4-3-5-8-15/h3-9H,2,10-14H2,1H3/b9-6+. The number of rotatable bonds is 4. The Hall–Kier alpha value is -1.61. The van der Waals surface area contributed by atoms with Crippen LogP contribution in [0.15, 0.2) is 36.4 Å². The van der Waals surface area contributed by atoms with Crippen LogP contribution in [0, 0.1) is 0 Å². The minimum Gasteiger partial charge on any atom is -0.342 e. The molecule has 0 spiro atoms. The molecule has 0 radical (unpaired) electrons. The fourth-order valence-electron chi connectivity index (χ4n) is 2.33. The maximum absolute atomic E-state index is 11.8. The highest BCUT2D eigenvalue weighted by Gasteiger charge is 2.18. The predicted molar refractivity (Wildman–Crippen MR) is 78.8 cm³/mol. The summed E-state index contributed by atoms with van der Waals surface area (Å²) in [6.45, 7) is 6.48. The highest BCUT2D eigenvalue weighted by molar-refractivity contribution is 5.76. The molecule has 2 rings (SSSR count). The first-order chi connectivity index (χ1) is 9.29. The van der Waals surface area contributed by atoms with Gasteiger partial charge in [-0.05, 0) is 12.5 Å². The highest BCUT2D eigenvalue weighted by atomic mass is 16.2. The molecule has 3 heteroatoms. The van der Waals surface area contributed by atoms with Crippen LogP contribution in [0.2, 0.25) is 0 Å². The second-order valence-electron chi connectivity index (χ2n) is 4.84. The molecular weight excluding hydrogens is 236 g/mol. The van der Waals surface area contributed by atoms with Crippen LogP contribution in [0.5, 0.6) is 0 Å². The van der Waals surface area contributed by atoms with E-state index in [1.807, 2.05) is 30.0 Å². The van der Waals surface area contributed by atoms with Crippen molar-refractivity contribution in [1.82, 2.24) is 9.80 Å². The highest BCUT2D eigenvalue weighted by Crippen LogP contribution is 2.06. The van der Waals surface area contributed by atoms with E-state index in [9.17, 15) is 4.79 Å². The summed E-state index contributed by atoms with van der Waals surface area (Å²) in [7, 11) is 0. The lowest BCUT2D eigenvalue weighted by atomic mass is 10.2. The quantitative estimate of drug-likeness (QED) is 0.827. The topological polar surface area (TPSA) is 23.6 Å². The minimum absolute atomic E-state index is 0.289. The average molecular weight is 258 g/mol. The fraction of sp³-hybridized carbons (Fsp3) is 0.438. The molecule has 0 bridgehead atoms. The molecule has 3 nitrogen and oxygen atoms in total. The van der Waals surface area contributed by atoms with E-state index in [1.54, 1.807) is 0 Å². The van der Waals surface area contributed by atoms with E-state index >= 15 is 0 Å². The molecule has 1 amide bonds. The SMILES string of the molecule is CCN1CCN(C/C=C/c2ccccc2)CCC1=O. The fourth-order valence-corrected chi connectivity index (χ4v) is 2.33. The number of hydrogen-bond acceptors (Lipinski definition) is 2. The molecular formula is C16H22N2O. The second-order valence-corrected chi connectivity index (χ2v) is 4.84. The molecule has 1 aromatic rings. The maximum atomic E-state index is 11.8. The summed E-state index contributed by atoms with van der Waals surface area (Å²) in [6.07, 6.45) is 4.97. The van der Waals surface area contributed by atoms with Crippen LogP contribution in [0.1, 0.15) is 18.9 Å². The van der Waals surface area contributed by atoms with E-state index in [-0.39, 0.29) is 5.91 Å². The Morgan fingerprint density at radius 3 is 2.68 bits per heavy atom. The lowest BCUT2D eigenvalue weighted by molar-refractivity contribution is -0.130. The third-order valence-electron chi connectivity index (χ3n) is 3.54. The molecule has 1 aliphatic rings. The van der Waals surface area contributed by atoms with Crippen molar-refractivity contribution in [2.45, 2.75) is 13.3 Å². The Labute approximate surface area is 115 Å². The molecule has 102 valence electrons. The number of benzene rings is 1. The van der Waals surface area contributed by atoms with E-state index in [0.29, 0.717) is 6.42 Å². The van der Waals surface area contributed by atoms with Gasteiger partial charge in [0.15, 0.2) is 0 Å². The van der Waals surface area contributed by atoms with Crippen LogP contribution in [-0.2, 0) is 4.79 Å². The summed E-state index contributed by atoms with van der Waals surface area (Å²) < 4.78 is 0. The van der Waals surface area contributed by atoms with Crippen LogP contribution in [0.25, 0.3) is 6.08 Å². The van der Waals surface area contributed by atoms with Crippen molar-refractivity contribution in [3.05, 3.63) is 42.0 Å². The third kappa shape index (κ3) is 4.21. The van der Waals surface area contributed by atoms with E-state index < -0.39 is 0 Å². The largest absolute Gasteiger partial charge is 0.342 e. The molecule has 0 atom stereocenters. The summed E-state index contributed by atoms with van der Waals surface area (Å²) in [4.78, 5) is 16.1. The summed E-state index contributed by atoms with van der Waals surface area (Å²) in [5, 5.41) is 0. The van der Waals surface area contributed by atoms with Crippen molar-refractivity contribution < 1.29 is 4.79 Å². The minimum atomic E-state index is 0.289. The van der Waals surface area contributed by atoms with Gasteiger partial charge in [-0.1, -0.05) is 42.5 Å². The molecule has 1 fully saturated rings. The molecule has 1 saturated heterocycles. The Balaban J connectivity index is 1.83. The molecule has 1 heterocycles. The first-order valence-corrected chi connectivity index (χ1v) is 7.01. The second kappa shape index (κ2) is 7.10. The Bertz CT molecular complexity index is 428. The molecule has 0 saturated carbocycles. The van der Waals surface area contributed by atoms with E-state index in [4.69, 9.17) is 0 Å². The molecule has 19 heavy (non-hydrogen) atoms. The van der Waals surface area contributed by atoms with Gasteiger partial charge in [-0.3, -0.25) is 9.69 Å². The molecule has 0 unspecified atom stereocenters. The monoisotopic (exact) mass is 258 g/mol. The van der Waals surface area contributed by atoms with Crippen molar-refractivity contribution in [2.75, 3.05) is 32.7 Å². The average Bonchev–Trinajstić information content (AvgIpc) is 2.62. The summed E-state index contributed by atoms with van der Waals surface area (Å²) in [5.74, 6) is 0.289. The Morgan fingerprint density at radius 2 is 1.95 bits per heavy atom. The van der Waals surface area contributed by atoms with Crippen LogP contribution in [0.4, 0.5) is 0 Å². The number of likely N-dealkylation sites (N-methyl/N-ethyl adjacent to an activating group) is 1. The molecule has 1 aromatic carbocycles. The van der Waals surface area contributed by atoms with Gasteiger partial charge in [0.1, 0.15) is 0 Å². The zero-order valence-electron chi connectivity index (χ0n) is 11.6. The van der Waals surface area contributed by atoms with E-state index in [1.165, 1.54) is 5.56 Å². The zero-order valence-corrected chi connectivity index (χ0v) is 11.6. The predicted octanol–water partition coefficient (Wildman–Crippen LogP) is 2.25. The van der Waals surface area contributed by atoms with Crippen LogP contribution in [0.3, 0.4) is 0 Å². The Morgan fingerprint density at radius 1 is 1.16 bits per heavy atom. The smallest absolute Gasteiger partial charge is 0.223 e. The molecule has 1 aliphatic heterocycles. The summed E-state index contributed by atoms with van der Waals surface area (Å²) in [6, 6.07) is 10.3. The number of amides is 1. The van der Waals surface area contributed by atoms with E-state index in [2.05, 4.69) is 29.2 Å². The first-order valence-electron chi connectivity index (χ1n) is 7.01. The number of hydrogen-bond donors (Lipinski definition) is 0. The van der Waals surface area contributed by atoms with Crippen molar-refractivity contribution in [1.29, 1.82) is 0 Å². The van der Waals surface area contributed by atoms with Gasteiger partial charge >= 0.3 is 0 Å². The van der Waals surface area contributed by atoms with Crippen molar-refractivity contribution >= 4 is 12.0 Å². The van der Waals surface area contributed by atoms with E-state index in [0.717, 1.165) is 32.7 Å². The van der Waals surface area contributed by atoms with Crippen molar-refractivity contribution in [3.8, 4) is 0 Å². The lowest BCUT2D eigenvalue weighted by Gasteiger charge is -2.19. The summed E-state index contributed by atoms with van der Waals surface area (Å²) in [5.41, 5.74) is 1.23. The van der Waals surface area contributed by atoms with Gasteiger partial charge in [0.05, 0.1) is 0 Å². The van der Waals surface area contributed by atoms with Gasteiger partial charge < -0.3 is 4.90 Å². The van der Waals surface area contributed by atoms with Gasteiger partial charge in [-0.2, -0.15) is 0 Å². The van der Waals surface area contributed by atoms with Crippen molar-refractivity contribution in [2.24, 2.45) is 0 Å². The lowest BCUT2D eigenvalue weighted by Crippen LogP contribution is -2.33. The maximum Gasteiger partial charge on any atom is 0.223 e. The van der Waals surface area contributed by atoms with Gasteiger partial charge in [0.2, 0.25) is 5.91 Å². The van der Waals surface area contributed by atoms with Gasteiger partial charge in [0.25, 0.3) is 0 Å². The van der Waals surface area contributed by atoms with Gasteiger partial charge in [0, 0.05) is 39.1 Å². The Kier molecular flexibility index (Phi) is 5.16. The number of nitrogens with zero attached hydrogens (tertiary/aromatic N) is 2. The zero-order chi connectivity index (χ0) is 13.5. The molecule has 0 N–H and O–H groups in total. The van der Waals surface area contributed by atoms with Crippen LogP contribution >= 0.6 is 0 Å². The number of carbonyl (C=O) groups is 1.